The summed E-state index contributed by atoms with van der Waals surface area (Å²) in [6.07, 6.45) is 3.01. The first-order valence-electron chi connectivity index (χ1n) is 5.84. The number of amides is 2. The molecule has 1 aromatic heterocycles. The predicted octanol–water partition coefficient (Wildman–Crippen LogP) is 1.69. The number of aromatic nitrogens is 2. The molecule has 0 aliphatic rings. The molecule has 0 saturated heterocycles. The number of hydrogen-bond acceptors (Lipinski definition) is 3. The van der Waals surface area contributed by atoms with E-state index in [2.05, 4.69) is 26.3 Å². The number of rotatable bonds is 4. The van der Waals surface area contributed by atoms with Crippen LogP contribution in [0.5, 0.6) is 0 Å². The van der Waals surface area contributed by atoms with E-state index >= 15 is 0 Å². The minimum absolute atomic E-state index is 0.0238. The highest BCUT2D eigenvalue weighted by Gasteiger charge is 2.12. The lowest BCUT2D eigenvalue weighted by Crippen LogP contribution is -2.18. The summed E-state index contributed by atoms with van der Waals surface area (Å²) < 4.78 is 2.12. The zero-order valence-electron chi connectivity index (χ0n) is 10.8. The summed E-state index contributed by atoms with van der Waals surface area (Å²) >= 11 is 3.39. The maximum atomic E-state index is 12.1. The molecule has 0 atom stereocenters. The molecule has 0 saturated carbocycles. The van der Waals surface area contributed by atoms with Gasteiger partial charge in [0.15, 0.2) is 0 Å². The van der Waals surface area contributed by atoms with Crippen LogP contribution in [-0.4, -0.2) is 21.6 Å². The van der Waals surface area contributed by atoms with Crippen molar-refractivity contribution in [1.29, 1.82) is 0 Å². The van der Waals surface area contributed by atoms with Crippen molar-refractivity contribution in [2.75, 3.05) is 5.32 Å². The Hall–Kier alpha value is -2.15. The number of carbonyl (C=O) groups is 2. The molecule has 0 bridgehead atoms. The van der Waals surface area contributed by atoms with Gasteiger partial charge in [-0.2, -0.15) is 5.10 Å². The van der Waals surface area contributed by atoms with Crippen molar-refractivity contribution in [2.45, 2.75) is 13.5 Å². The van der Waals surface area contributed by atoms with E-state index in [4.69, 9.17) is 5.73 Å². The van der Waals surface area contributed by atoms with Crippen LogP contribution in [0.25, 0.3) is 0 Å². The van der Waals surface area contributed by atoms with Crippen LogP contribution in [-0.2, 0) is 11.3 Å². The van der Waals surface area contributed by atoms with E-state index in [1.165, 1.54) is 10.9 Å². The van der Waals surface area contributed by atoms with Gasteiger partial charge in [0, 0.05) is 10.7 Å². The lowest BCUT2D eigenvalue weighted by atomic mass is 10.1. The highest BCUT2D eigenvalue weighted by atomic mass is 79.9. The number of carbonyl (C=O) groups excluding carboxylic acids is 2. The van der Waals surface area contributed by atoms with E-state index in [-0.39, 0.29) is 12.5 Å². The zero-order chi connectivity index (χ0) is 14.7. The van der Waals surface area contributed by atoms with Crippen LogP contribution in [0.2, 0.25) is 0 Å². The number of aryl methyl sites for hydroxylation is 1. The number of anilines is 1. The molecule has 2 rings (SSSR count). The molecule has 2 aromatic rings. The summed E-state index contributed by atoms with van der Waals surface area (Å²) in [5.41, 5.74) is 7.08. The second-order valence-electron chi connectivity index (χ2n) is 4.28. The summed E-state index contributed by atoms with van der Waals surface area (Å²) in [7, 11) is 0. The molecule has 0 spiro atoms. The van der Waals surface area contributed by atoms with Gasteiger partial charge >= 0.3 is 0 Å². The normalized spacial score (nSPS) is 10.3. The highest BCUT2D eigenvalue weighted by Crippen LogP contribution is 2.22. The monoisotopic (exact) mass is 336 g/mol. The van der Waals surface area contributed by atoms with Gasteiger partial charge in [-0.05, 0) is 34.5 Å². The zero-order valence-corrected chi connectivity index (χ0v) is 12.3. The second-order valence-corrected chi connectivity index (χ2v) is 5.08. The van der Waals surface area contributed by atoms with Crippen LogP contribution in [0, 0.1) is 6.92 Å². The van der Waals surface area contributed by atoms with Crippen LogP contribution >= 0.6 is 15.9 Å². The molecule has 1 heterocycles. The van der Waals surface area contributed by atoms with E-state index in [1.807, 2.05) is 19.1 Å². The Bertz CT molecular complexity index is 666. The van der Waals surface area contributed by atoms with Crippen molar-refractivity contribution in [1.82, 2.24) is 9.78 Å². The SMILES string of the molecule is Cc1cccc(C(=O)Nc2cnn(CC(N)=O)c2)c1Br. The minimum Gasteiger partial charge on any atom is -0.368 e. The quantitative estimate of drug-likeness (QED) is 0.890. The number of nitrogens with two attached hydrogens (primary N) is 1. The van der Waals surface area contributed by atoms with E-state index < -0.39 is 5.91 Å². The first-order valence-corrected chi connectivity index (χ1v) is 6.64. The van der Waals surface area contributed by atoms with Gasteiger partial charge < -0.3 is 11.1 Å². The number of halogens is 1. The third kappa shape index (κ3) is 3.24. The number of primary amides is 1. The summed E-state index contributed by atoms with van der Waals surface area (Å²) in [5, 5.41) is 6.65. The number of benzene rings is 1. The molecular weight excluding hydrogens is 324 g/mol. The van der Waals surface area contributed by atoms with Crippen LogP contribution in [0.4, 0.5) is 5.69 Å². The fraction of sp³-hybridized carbons (Fsp3) is 0.154. The molecule has 1 aromatic carbocycles. The third-order valence-electron chi connectivity index (χ3n) is 2.65. The van der Waals surface area contributed by atoms with Crippen molar-refractivity contribution in [3.63, 3.8) is 0 Å². The lowest BCUT2D eigenvalue weighted by molar-refractivity contribution is -0.118. The van der Waals surface area contributed by atoms with Gasteiger partial charge in [-0.25, -0.2) is 0 Å². The van der Waals surface area contributed by atoms with Crippen molar-refractivity contribution in [3.05, 3.63) is 46.2 Å². The average molecular weight is 337 g/mol. The van der Waals surface area contributed by atoms with Gasteiger partial charge in [0.2, 0.25) is 5.91 Å². The summed E-state index contributed by atoms with van der Waals surface area (Å²) in [4.78, 5) is 22.9. The molecule has 0 fully saturated rings. The molecular formula is C13H13BrN4O2. The summed E-state index contributed by atoms with van der Waals surface area (Å²) in [6, 6.07) is 5.44. The largest absolute Gasteiger partial charge is 0.368 e. The fourth-order valence-electron chi connectivity index (χ4n) is 1.70. The van der Waals surface area contributed by atoms with Crippen molar-refractivity contribution < 1.29 is 9.59 Å². The van der Waals surface area contributed by atoms with Gasteiger partial charge in [-0.1, -0.05) is 12.1 Å². The topological polar surface area (TPSA) is 90.0 Å². The summed E-state index contributed by atoms with van der Waals surface area (Å²) in [5.74, 6) is -0.744. The van der Waals surface area contributed by atoms with Crippen LogP contribution in [0.3, 0.4) is 0 Å². The van der Waals surface area contributed by atoms with Crippen LogP contribution in [0.15, 0.2) is 35.1 Å². The van der Waals surface area contributed by atoms with Gasteiger partial charge in [0.25, 0.3) is 5.91 Å². The fourth-order valence-corrected chi connectivity index (χ4v) is 2.14. The Labute approximate surface area is 124 Å². The molecule has 0 unspecified atom stereocenters. The minimum atomic E-state index is -0.493. The van der Waals surface area contributed by atoms with Crippen LogP contribution < -0.4 is 11.1 Å². The number of nitrogens with one attached hydrogen (secondary N) is 1. The van der Waals surface area contributed by atoms with Gasteiger partial charge in [-0.3, -0.25) is 14.3 Å². The van der Waals surface area contributed by atoms with Crippen LogP contribution in [0.1, 0.15) is 15.9 Å². The average Bonchev–Trinajstić information content (AvgIpc) is 2.79. The molecule has 3 N–H and O–H groups in total. The first-order chi connectivity index (χ1) is 9.47. The molecule has 0 aliphatic heterocycles. The Morgan fingerprint density at radius 3 is 2.90 bits per heavy atom. The van der Waals surface area contributed by atoms with E-state index in [1.54, 1.807) is 12.3 Å². The van der Waals surface area contributed by atoms with Gasteiger partial charge in [-0.15, -0.1) is 0 Å². The highest BCUT2D eigenvalue weighted by molar-refractivity contribution is 9.10. The van der Waals surface area contributed by atoms with Crippen molar-refractivity contribution >= 4 is 33.4 Å². The Morgan fingerprint density at radius 1 is 1.45 bits per heavy atom. The molecule has 104 valence electrons. The number of hydrogen-bond donors (Lipinski definition) is 2. The first kappa shape index (κ1) is 14.3. The molecule has 0 aliphatic carbocycles. The molecule has 2 amide bonds. The predicted molar refractivity (Wildman–Crippen MR) is 78.3 cm³/mol. The Morgan fingerprint density at radius 2 is 2.20 bits per heavy atom. The summed E-state index contributed by atoms with van der Waals surface area (Å²) in [6.45, 7) is 1.88. The molecule has 20 heavy (non-hydrogen) atoms. The Kier molecular flexibility index (Phi) is 4.19. The molecule has 7 heteroatoms. The van der Waals surface area contributed by atoms with E-state index in [0.717, 1.165) is 10.0 Å². The molecule has 6 nitrogen and oxygen atoms in total. The van der Waals surface area contributed by atoms with E-state index in [9.17, 15) is 9.59 Å². The maximum Gasteiger partial charge on any atom is 0.256 e. The Balaban J connectivity index is 2.13. The molecule has 0 radical (unpaired) electrons. The van der Waals surface area contributed by atoms with Crippen molar-refractivity contribution in [2.24, 2.45) is 5.73 Å². The van der Waals surface area contributed by atoms with Crippen molar-refractivity contribution in [3.8, 4) is 0 Å². The second kappa shape index (κ2) is 5.87. The third-order valence-corrected chi connectivity index (χ3v) is 3.70. The maximum absolute atomic E-state index is 12.1. The smallest absolute Gasteiger partial charge is 0.256 e. The standard InChI is InChI=1S/C13H13BrN4O2/c1-8-3-2-4-10(12(8)14)13(20)17-9-5-16-18(6-9)7-11(15)19/h2-6H,7H2,1H3,(H2,15,19)(H,17,20). The number of nitrogens with zero attached hydrogens (tertiary/aromatic N) is 2. The van der Waals surface area contributed by atoms with Gasteiger partial charge in [0.1, 0.15) is 6.54 Å². The van der Waals surface area contributed by atoms with Gasteiger partial charge in [0.05, 0.1) is 17.4 Å². The van der Waals surface area contributed by atoms with E-state index in [0.29, 0.717) is 11.3 Å². The lowest BCUT2D eigenvalue weighted by Gasteiger charge is -2.06.